The Labute approximate surface area is 193 Å². The lowest BCUT2D eigenvalue weighted by molar-refractivity contribution is 0.127. The fourth-order valence-corrected chi connectivity index (χ4v) is 3.19. The molecule has 0 radical (unpaired) electrons. The summed E-state index contributed by atoms with van der Waals surface area (Å²) < 4.78 is 24.1. The standard InChI is InChI=1S/C21H27FN4O3.HI/c1-23-20(26-14-21(8-10-27)9-11-28-15-21)25-13-16-2-7-19(24-12-16)29-18-5-3-17(22)4-6-18;/h2-7,12,27H,8-11,13-15H2,1H3,(H2,23,25,26);1H. The van der Waals surface area contributed by atoms with Gasteiger partial charge in [-0.25, -0.2) is 9.37 Å². The predicted octanol–water partition coefficient (Wildman–Crippen LogP) is 3.09. The van der Waals surface area contributed by atoms with Crippen LogP contribution in [0.1, 0.15) is 18.4 Å². The van der Waals surface area contributed by atoms with Crippen molar-refractivity contribution in [3.63, 3.8) is 0 Å². The van der Waals surface area contributed by atoms with Gasteiger partial charge in [-0.1, -0.05) is 6.07 Å². The molecule has 0 saturated carbocycles. The van der Waals surface area contributed by atoms with Gasteiger partial charge in [0.15, 0.2) is 5.96 Å². The van der Waals surface area contributed by atoms with Gasteiger partial charge in [0.1, 0.15) is 11.6 Å². The number of hydrogen-bond donors (Lipinski definition) is 3. The molecule has 3 rings (SSSR count). The van der Waals surface area contributed by atoms with E-state index in [1.807, 2.05) is 6.07 Å². The second kappa shape index (κ2) is 12.0. The lowest BCUT2D eigenvalue weighted by atomic mass is 9.84. The summed E-state index contributed by atoms with van der Waals surface area (Å²) in [6.45, 7) is 2.76. The average Bonchev–Trinajstić information content (AvgIpc) is 3.20. The number of aliphatic imine (C=N–C) groups is 1. The number of aliphatic hydroxyl groups excluding tert-OH is 1. The topological polar surface area (TPSA) is 88.0 Å². The van der Waals surface area contributed by atoms with Crippen molar-refractivity contribution in [3.8, 4) is 11.6 Å². The van der Waals surface area contributed by atoms with Crippen LogP contribution in [-0.4, -0.2) is 49.5 Å². The molecule has 2 heterocycles. The van der Waals surface area contributed by atoms with Crippen molar-refractivity contribution in [2.45, 2.75) is 19.4 Å². The third-order valence-electron chi connectivity index (χ3n) is 4.98. The number of ether oxygens (including phenoxy) is 2. The first-order chi connectivity index (χ1) is 14.1. The second-order valence-electron chi connectivity index (χ2n) is 7.12. The molecule has 164 valence electrons. The van der Waals surface area contributed by atoms with Crippen LogP contribution in [0.2, 0.25) is 0 Å². The zero-order valence-electron chi connectivity index (χ0n) is 16.9. The maximum Gasteiger partial charge on any atom is 0.219 e. The van der Waals surface area contributed by atoms with Gasteiger partial charge in [0.2, 0.25) is 5.88 Å². The van der Waals surface area contributed by atoms with Gasteiger partial charge in [0.25, 0.3) is 0 Å². The van der Waals surface area contributed by atoms with E-state index < -0.39 is 0 Å². The number of nitrogens with one attached hydrogen (secondary N) is 2. The highest BCUT2D eigenvalue weighted by molar-refractivity contribution is 14.0. The zero-order chi connectivity index (χ0) is 20.5. The Morgan fingerprint density at radius 2 is 2.07 bits per heavy atom. The molecule has 1 aromatic heterocycles. The molecule has 1 saturated heterocycles. The highest BCUT2D eigenvalue weighted by Crippen LogP contribution is 2.31. The van der Waals surface area contributed by atoms with Crippen molar-refractivity contribution in [1.82, 2.24) is 15.6 Å². The summed E-state index contributed by atoms with van der Waals surface area (Å²) in [5.41, 5.74) is 0.918. The molecule has 2 aromatic rings. The summed E-state index contributed by atoms with van der Waals surface area (Å²) in [6.07, 6.45) is 3.35. The van der Waals surface area contributed by atoms with Crippen LogP contribution in [0.4, 0.5) is 4.39 Å². The minimum Gasteiger partial charge on any atom is -0.439 e. The molecule has 0 aliphatic carbocycles. The molecule has 3 N–H and O–H groups in total. The van der Waals surface area contributed by atoms with E-state index in [0.717, 1.165) is 18.6 Å². The Morgan fingerprint density at radius 1 is 1.27 bits per heavy atom. The number of guanidine groups is 1. The smallest absolute Gasteiger partial charge is 0.219 e. The summed E-state index contributed by atoms with van der Waals surface area (Å²) in [4.78, 5) is 8.54. The molecular formula is C21H28FIN4O3. The van der Waals surface area contributed by atoms with Crippen LogP contribution >= 0.6 is 24.0 Å². The summed E-state index contributed by atoms with van der Waals surface area (Å²) >= 11 is 0. The number of pyridine rings is 1. The molecule has 30 heavy (non-hydrogen) atoms. The van der Waals surface area contributed by atoms with Gasteiger partial charge in [-0.05, 0) is 42.7 Å². The minimum absolute atomic E-state index is 0. The Hall–Kier alpha value is -1.98. The summed E-state index contributed by atoms with van der Waals surface area (Å²) in [6, 6.07) is 9.47. The van der Waals surface area contributed by atoms with Crippen molar-refractivity contribution in [1.29, 1.82) is 0 Å². The molecule has 1 aromatic carbocycles. The van der Waals surface area contributed by atoms with Gasteiger partial charge < -0.3 is 25.2 Å². The molecule has 9 heteroatoms. The number of aromatic nitrogens is 1. The Kier molecular flexibility index (Phi) is 9.73. The lowest BCUT2D eigenvalue weighted by Gasteiger charge is -2.27. The van der Waals surface area contributed by atoms with Crippen molar-refractivity contribution < 1.29 is 19.0 Å². The molecule has 1 aliphatic heterocycles. The molecule has 1 aliphatic rings. The minimum atomic E-state index is -0.309. The Balaban J connectivity index is 0.00000320. The van der Waals surface area contributed by atoms with Crippen LogP contribution in [0.5, 0.6) is 11.6 Å². The van der Waals surface area contributed by atoms with Gasteiger partial charge in [-0.15, -0.1) is 24.0 Å². The molecule has 1 unspecified atom stereocenters. The van der Waals surface area contributed by atoms with Crippen molar-refractivity contribution in [2.75, 3.05) is 33.4 Å². The largest absolute Gasteiger partial charge is 0.439 e. The van der Waals surface area contributed by atoms with Crippen LogP contribution in [0.15, 0.2) is 47.6 Å². The Morgan fingerprint density at radius 3 is 2.67 bits per heavy atom. The van der Waals surface area contributed by atoms with E-state index in [9.17, 15) is 9.50 Å². The van der Waals surface area contributed by atoms with Crippen molar-refractivity contribution in [3.05, 3.63) is 54.0 Å². The lowest BCUT2D eigenvalue weighted by Crippen LogP contribution is -2.44. The Bertz CT molecular complexity index is 797. The molecule has 0 amide bonds. The molecule has 7 nitrogen and oxygen atoms in total. The third kappa shape index (κ3) is 7.06. The summed E-state index contributed by atoms with van der Waals surface area (Å²) in [5, 5.41) is 15.9. The summed E-state index contributed by atoms with van der Waals surface area (Å²) in [5.74, 6) is 1.34. The van der Waals surface area contributed by atoms with E-state index >= 15 is 0 Å². The van der Waals surface area contributed by atoms with E-state index in [2.05, 4.69) is 20.6 Å². The second-order valence-corrected chi connectivity index (χ2v) is 7.12. The van der Waals surface area contributed by atoms with Crippen LogP contribution in [-0.2, 0) is 11.3 Å². The fourth-order valence-electron chi connectivity index (χ4n) is 3.19. The zero-order valence-corrected chi connectivity index (χ0v) is 19.3. The number of hydrogen-bond acceptors (Lipinski definition) is 5. The first-order valence-corrected chi connectivity index (χ1v) is 9.64. The number of benzene rings is 1. The fraction of sp³-hybridized carbons (Fsp3) is 0.429. The molecule has 1 fully saturated rings. The van der Waals surface area contributed by atoms with Crippen LogP contribution in [0.25, 0.3) is 0 Å². The SMILES string of the molecule is CN=C(NCc1ccc(Oc2ccc(F)cc2)nc1)NCC1(CCO)CCOC1.I. The van der Waals surface area contributed by atoms with Gasteiger partial charge in [0.05, 0.1) is 6.61 Å². The van der Waals surface area contributed by atoms with E-state index in [-0.39, 0.29) is 41.8 Å². The molecule has 0 bridgehead atoms. The maximum atomic E-state index is 12.9. The monoisotopic (exact) mass is 530 g/mol. The number of nitrogens with zero attached hydrogens (tertiary/aromatic N) is 2. The van der Waals surface area contributed by atoms with E-state index in [1.54, 1.807) is 31.4 Å². The number of aliphatic hydroxyl groups is 1. The molecular weight excluding hydrogens is 502 g/mol. The van der Waals surface area contributed by atoms with Crippen molar-refractivity contribution >= 4 is 29.9 Å². The van der Waals surface area contributed by atoms with Gasteiger partial charge in [-0.3, -0.25) is 4.99 Å². The number of halogens is 2. The predicted molar refractivity (Wildman–Crippen MR) is 124 cm³/mol. The number of rotatable bonds is 8. The first kappa shape index (κ1) is 24.3. The van der Waals surface area contributed by atoms with Crippen LogP contribution < -0.4 is 15.4 Å². The normalized spacial score (nSPS) is 18.6. The van der Waals surface area contributed by atoms with Crippen LogP contribution in [0.3, 0.4) is 0 Å². The molecule has 1 atom stereocenters. The van der Waals surface area contributed by atoms with Gasteiger partial charge in [-0.2, -0.15) is 0 Å². The average molecular weight is 530 g/mol. The van der Waals surface area contributed by atoms with E-state index in [1.165, 1.54) is 12.1 Å². The van der Waals surface area contributed by atoms with Gasteiger partial charge in [0, 0.05) is 51.0 Å². The maximum absolute atomic E-state index is 12.9. The summed E-state index contributed by atoms with van der Waals surface area (Å²) in [7, 11) is 1.72. The molecule has 0 spiro atoms. The van der Waals surface area contributed by atoms with E-state index in [0.29, 0.717) is 43.7 Å². The highest BCUT2D eigenvalue weighted by Gasteiger charge is 2.34. The van der Waals surface area contributed by atoms with Crippen LogP contribution in [0, 0.1) is 11.2 Å². The van der Waals surface area contributed by atoms with Gasteiger partial charge >= 0.3 is 0 Å². The van der Waals surface area contributed by atoms with Crippen molar-refractivity contribution in [2.24, 2.45) is 10.4 Å². The quantitative estimate of drug-likeness (QED) is 0.276. The first-order valence-electron chi connectivity index (χ1n) is 9.64. The third-order valence-corrected chi connectivity index (χ3v) is 4.98. The van der Waals surface area contributed by atoms with E-state index in [4.69, 9.17) is 9.47 Å². The highest BCUT2D eigenvalue weighted by atomic mass is 127.